The minimum Gasteiger partial charge on any atom is -0.496 e. The molecule has 24 heavy (non-hydrogen) atoms. The smallest absolute Gasteiger partial charge is 0.255 e. The third-order valence-electron chi connectivity index (χ3n) is 3.35. The van der Waals surface area contributed by atoms with Crippen LogP contribution in [-0.4, -0.2) is 39.8 Å². The summed E-state index contributed by atoms with van der Waals surface area (Å²) >= 11 is 7.92. The average molecular weight is 364 g/mol. The summed E-state index contributed by atoms with van der Waals surface area (Å²) in [5.41, 5.74) is 0.902. The number of benzene rings is 1. The fourth-order valence-corrected chi connectivity index (χ4v) is 3.14. The zero-order valence-corrected chi connectivity index (χ0v) is 14.3. The fraction of sp³-hybridized carbons (Fsp3) is 0.200. The molecule has 7 nitrogen and oxygen atoms in total. The van der Waals surface area contributed by atoms with Crippen molar-refractivity contribution in [1.29, 1.82) is 0 Å². The van der Waals surface area contributed by atoms with Gasteiger partial charge in [-0.1, -0.05) is 17.7 Å². The number of rotatable bonds is 6. The van der Waals surface area contributed by atoms with Gasteiger partial charge in [0, 0.05) is 17.5 Å². The van der Waals surface area contributed by atoms with E-state index in [2.05, 4.69) is 20.8 Å². The molecule has 1 N–H and O–H groups in total. The van der Waals surface area contributed by atoms with Gasteiger partial charge in [-0.2, -0.15) is 4.68 Å². The van der Waals surface area contributed by atoms with Gasteiger partial charge >= 0.3 is 0 Å². The predicted octanol–water partition coefficient (Wildman–Crippen LogP) is 2.36. The molecule has 0 spiro atoms. The molecular weight excluding hydrogens is 350 g/mol. The Bertz CT molecular complexity index is 821. The van der Waals surface area contributed by atoms with Crippen molar-refractivity contribution < 1.29 is 9.53 Å². The maximum absolute atomic E-state index is 12.4. The zero-order chi connectivity index (χ0) is 16.9. The van der Waals surface area contributed by atoms with Crippen LogP contribution in [0.2, 0.25) is 5.02 Å². The van der Waals surface area contributed by atoms with Gasteiger partial charge in [-0.25, -0.2) is 0 Å². The lowest BCUT2D eigenvalue weighted by Gasteiger charge is -2.12. The number of methoxy groups -OCH3 is 1. The topological polar surface area (TPSA) is 81.9 Å². The van der Waals surface area contributed by atoms with Crippen LogP contribution in [0, 0.1) is 0 Å². The highest BCUT2D eigenvalue weighted by molar-refractivity contribution is 7.09. The second-order valence-corrected chi connectivity index (χ2v) is 6.28. The Hall–Kier alpha value is -2.45. The van der Waals surface area contributed by atoms with Crippen LogP contribution in [0.25, 0.3) is 5.69 Å². The highest BCUT2D eigenvalue weighted by Crippen LogP contribution is 2.29. The molecule has 9 heteroatoms. The van der Waals surface area contributed by atoms with Crippen molar-refractivity contribution in [2.45, 2.75) is 6.42 Å². The van der Waals surface area contributed by atoms with E-state index in [1.54, 1.807) is 23.5 Å². The third kappa shape index (κ3) is 3.55. The molecule has 3 rings (SSSR count). The second-order valence-electron chi connectivity index (χ2n) is 4.84. The van der Waals surface area contributed by atoms with E-state index in [1.807, 2.05) is 17.5 Å². The molecule has 0 radical (unpaired) electrons. The minimum atomic E-state index is -0.242. The van der Waals surface area contributed by atoms with E-state index in [1.165, 1.54) is 23.0 Å². The number of halogens is 1. The molecule has 0 fully saturated rings. The Balaban J connectivity index is 1.76. The van der Waals surface area contributed by atoms with Crippen LogP contribution < -0.4 is 10.1 Å². The summed E-state index contributed by atoms with van der Waals surface area (Å²) in [6, 6.07) is 7.21. The van der Waals surface area contributed by atoms with Crippen molar-refractivity contribution in [3.05, 3.63) is 51.4 Å². The maximum atomic E-state index is 12.4. The van der Waals surface area contributed by atoms with Crippen molar-refractivity contribution in [3.8, 4) is 11.4 Å². The van der Waals surface area contributed by atoms with Crippen LogP contribution in [-0.2, 0) is 6.42 Å². The summed E-state index contributed by atoms with van der Waals surface area (Å²) in [6.45, 7) is 0.537. The number of amides is 1. The molecule has 3 aromatic rings. The van der Waals surface area contributed by atoms with Crippen LogP contribution in [0.4, 0.5) is 0 Å². The van der Waals surface area contributed by atoms with Gasteiger partial charge in [0.1, 0.15) is 12.1 Å². The van der Waals surface area contributed by atoms with Crippen molar-refractivity contribution in [1.82, 2.24) is 25.5 Å². The third-order valence-corrected chi connectivity index (χ3v) is 4.59. The number of tetrazole rings is 1. The Labute approximate surface area is 147 Å². The second kappa shape index (κ2) is 7.41. The van der Waals surface area contributed by atoms with E-state index in [4.69, 9.17) is 16.3 Å². The summed E-state index contributed by atoms with van der Waals surface area (Å²) in [5, 5.41) is 16.2. The zero-order valence-electron chi connectivity index (χ0n) is 12.8. The molecule has 0 unspecified atom stereocenters. The molecule has 0 atom stereocenters. The highest BCUT2D eigenvalue weighted by atomic mass is 35.5. The van der Waals surface area contributed by atoms with E-state index in [0.29, 0.717) is 28.6 Å². The van der Waals surface area contributed by atoms with E-state index in [0.717, 1.165) is 6.42 Å². The minimum absolute atomic E-state index is 0.242. The number of aromatic nitrogens is 4. The Kier molecular flexibility index (Phi) is 5.07. The lowest BCUT2D eigenvalue weighted by molar-refractivity contribution is 0.0951. The monoisotopic (exact) mass is 363 g/mol. The van der Waals surface area contributed by atoms with Gasteiger partial charge in [0.25, 0.3) is 5.91 Å². The number of nitrogens with one attached hydrogen (secondary N) is 1. The number of nitrogens with zero attached hydrogens (tertiary/aromatic N) is 4. The molecule has 2 heterocycles. The number of hydrogen-bond acceptors (Lipinski definition) is 6. The van der Waals surface area contributed by atoms with Crippen LogP contribution >= 0.6 is 22.9 Å². The van der Waals surface area contributed by atoms with Crippen molar-refractivity contribution in [3.63, 3.8) is 0 Å². The maximum Gasteiger partial charge on any atom is 0.255 e. The molecule has 1 aromatic carbocycles. The SMILES string of the molecule is COc1cc(-n2cnnn2)c(Cl)cc1C(=O)NCCc1cccs1. The largest absolute Gasteiger partial charge is 0.496 e. The number of thiophene rings is 1. The summed E-state index contributed by atoms with van der Waals surface area (Å²) in [4.78, 5) is 13.6. The van der Waals surface area contributed by atoms with E-state index in [9.17, 15) is 4.79 Å². The molecule has 0 saturated heterocycles. The van der Waals surface area contributed by atoms with E-state index in [-0.39, 0.29) is 5.91 Å². The van der Waals surface area contributed by atoms with Gasteiger partial charge in [0.05, 0.1) is 23.4 Å². The van der Waals surface area contributed by atoms with Crippen molar-refractivity contribution in [2.75, 3.05) is 13.7 Å². The molecule has 0 saturated carbocycles. The number of hydrogen-bond donors (Lipinski definition) is 1. The molecular formula is C15H14ClN5O2S. The average Bonchev–Trinajstić information content (AvgIpc) is 3.28. The van der Waals surface area contributed by atoms with Gasteiger partial charge in [0.2, 0.25) is 0 Å². The first kappa shape index (κ1) is 16.4. The normalized spacial score (nSPS) is 10.6. The fourth-order valence-electron chi connectivity index (χ4n) is 2.19. The molecule has 2 aromatic heterocycles. The number of ether oxygens (including phenoxy) is 1. The standard InChI is InChI=1S/C15H14ClN5O2S/c1-23-14-8-13(21-9-18-19-20-21)12(16)7-11(14)15(22)17-5-4-10-3-2-6-24-10/h2-3,6-9H,4-5H2,1H3,(H,17,22). The summed E-state index contributed by atoms with van der Waals surface area (Å²) in [7, 11) is 1.50. The highest BCUT2D eigenvalue weighted by Gasteiger charge is 2.17. The number of carbonyl (C=O) groups is 1. The first-order valence-electron chi connectivity index (χ1n) is 7.10. The van der Waals surface area contributed by atoms with E-state index >= 15 is 0 Å². The van der Waals surface area contributed by atoms with Crippen LogP contribution in [0.1, 0.15) is 15.2 Å². The summed E-state index contributed by atoms with van der Waals surface area (Å²) in [5.74, 6) is 0.159. The first-order chi connectivity index (χ1) is 11.7. The Morgan fingerprint density at radius 3 is 3.00 bits per heavy atom. The molecule has 0 aliphatic carbocycles. The van der Waals surface area contributed by atoms with Gasteiger partial charge in [0.15, 0.2) is 0 Å². The molecule has 0 bridgehead atoms. The molecule has 1 amide bonds. The van der Waals surface area contributed by atoms with Gasteiger partial charge in [-0.3, -0.25) is 4.79 Å². The lowest BCUT2D eigenvalue weighted by Crippen LogP contribution is -2.26. The van der Waals surface area contributed by atoms with Gasteiger partial charge in [-0.05, 0) is 34.4 Å². The van der Waals surface area contributed by atoms with Gasteiger partial charge in [-0.15, -0.1) is 16.4 Å². The quantitative estimate of drug-likeness (QED) is 0.727. The van der Waals surface area contributed by atoms with E-state index < -0.39 is 0 Å². The van der Waals surface area contributed by atoms with Gasteiger partial charge < -0.3 is 10.1 Å². The van der Waals surface area contributed by atoms with Crippen LogP contribution in [0.5, 0.6) is 5.75 Å². The Morgan fingerprint density at radius 1 is 1.46 bits per heavy atom. The van der Waals surface area contributed by atoms with Crippen molar-refractivity contribution in [2.24, 2.45) is 0 Å². The van der Waals surface area contributed by atoms with Crippen molar-refractivity contribution >= 4 is 28.8 Å². The summed E-state index contributed by atoms with van der Waals surface area (Å²) < 4.78 is 6.72. The molecule has 124 valence electrons. The van der Waals surface area contributed by atoms with Crippen LogP contribution in [0.15, 0.2) is 36.0 Å². The lowest BCUT2D eigenvalue weighted by atomic mass is 10.1. The summed E-state index contributed by atoms with van der Waals surface area (Å²) in [6.07, 6.45) is 2.20. The molecule has 0 aliphatic heterocycles. The Morgan fingerprint density at radius 2 is 2.33 bits per heavy atom. The molecule has 0 aliphatic rings. The predicted molar refractivity (Wildman–Crippen MR) is 91.1 cm³/mol. The van der Waals surface area contributed by atoms with Crippen LogP contribution in [0.3, 0.4) is 0 Å². The number of carbonyl (C=O) groups excluding carboxylic acids is 1. The first-order valence-corrected chi connectivity index (χ1v) is 8.36.